The summed E-state index contributed by atoms with van der Waals surface area (Å²) in [6, 6.07) is 22.0. The maximum Gasteiger partial charge on any atom is 0.336 e. The molecule has 0 bridgehead atoms. The van der Waals surface area contributed by atoms with Crippen molar-refractivity contribution in [2.24, 2.45) is 0 Å². The van der Waals surface area contributed by atoms with Gasteiger partial charge in [0.2, 0.25) is 0 Å². The average molecular weight is 729 g/mol. The fourth-order valence-corrected chi connectivity index (χ4v) is 5.87. The van der Waals surface area contributed by atoms with Gasteiger partial charge >= 0.3 is 17.9 Å². The summed E-state index contributed by atoms with van der Waals surface area (Å²) in [4.78, 5) is 36.1. The average Bonchev–Trinajstić information content (AvgIpc) is 3.18. The molecule has 1 N–H and O–H groups in total. The van der Waals surface area contributed by atoms with Crippen molar-refractivity contribution in [3.63, 3.8) is 0 Å². The van der Waals surface area contributed by atoms with Gasteiger partial charge in [-0.2, -0.15) is 0 Å². The normalized spacial score (nSPS) is 15.2. The predicted molar refractivity (Wildman–Crippen MR) is 200 cm³/mol. The summed E-state index contributed by atoms with van der Waals surface area (Å²) in [5.74, 6) is -0.0947. The van der Waals surface area contributed by atoms with Crippen molar-refractivity contribution in [3.8, 4) is 33.8 Å². The second-order valence-electron chi connectivity index (χ2n) is 12.5. The molecule has 0 heterocycles. The summed E-state index contributed by atoms with van der Waals surface area (Å²) >= 11 is 0. The molecule has 0 radical (unpaired) electrons. The summed E-state index contributed by atoms with van der Waals surface area (Å²) in [6.07, 6.45) is 2.77. The van der Waals surface area contributed by atoms with Crippen molar-refractivity contribution in [1.29, 1.82) is 0 Å². The first-order valence-corrected chi connectivity index (χ1v) is 17.4. The first kappa shape index (κ1) is 40.5. The number of ether oxygens (including phenoxy) is 7. The van der Waals surface area contributed by atoms with E-state index in [0.29, 0.717) is 24.3 Å². The van der Waals surface area contributed by atoms with Gasteiger partial charge in [0.25, 0.3) is 0 Å². The summed E-state index contributed by atoms with van der Waals surface area (Å²) < 4.78 is 37.4. The van der Waals surface area contributed by atoms with Crippen LogP contribution in [0.15, 0.2) is 103 Å². The molecule has 1 aliphatic rings. The monoisotopic (exact) mass is 728 g/mol. The van der Waals surface area contributed by atoms with Crippen molar-refractivity contribution < 1.29 is 52.6 Å². The number of hydrogen-bond donors (Lipinski definition) is 1. The Labute approximate surface area is 310 Å². The van der Waals surface area contributed by atoms with Crippen molar-refractivity contribution in [3.05, 3.63) is 109 Å². The SMILES string of the molecule is C=C(COC)C(=O)OCCOc1ccc(-c2ccc(-c3ccc(OCCOC(=O)C(=C)COC)cc3)c(C3CCC(OC(=O)C(=C)CO)CC3)c2)cc1. The molecule has 11 nitrogen and oxygen atoms in total. The van der Waals surface area contributed by atoms with Crippen LogP contribution in [-0.4, -0.2) is 89.6 Å². The van der Waals surface area contributed by atoms with Crippen LogP contribution in [0.2, 0.25) is 0 Å². The van der Waals surface area contributed by atoms with E-state index in [1.54, 1.807) is 0 Å². The molecule has 0 atom stereocenters. The lowest BCUT2D eigenvalue weighted by Gasteiger charge is -2.30. The molecule has 282 valence electrons. The Hall–Kier alpha value is -5.23. The molecule has 3 aromatic rings. The van der Waals surface area contributed by atoms with Crippen LogP contribution in [0.4, 0.5) is 0 Å². The summed E-state index contributed by atoms with van der Waals surface area (Å²) in [5, 5.41) is 9.26. The van der Waals surface area contributed by atoms with Gasteiger partial charge in [-0.15, -0.1) is 0 Å². The molecule has 0 saturated heterocycles. The lowest BCUT2D eigenvalue weighted by atomic mass is 9.79. The van der Waals surface area contributed by atoms with Crippen LogP contribution < -0.4 is 9.47 Å². The van der Waals surface area contributed by atoms with Gasteiger partial charge in [-0.3, -0.25) is 0 Å². The first-order valence-electron chi connectivity index (χ1n) is 17.4. The molecule has 0 spiro atoms. The largest absolute Gasteiger partial charge is 0.490 e. The molecule has 53 heavy (non-hydrogen) atoms. The minimum Gasteiger partial charge on any atom is -0.490 e. The number of esters is 3. The summed E-state index contributed by atoms with van der Waals surface area (Å²) in [6.45, 7) is 11.2. The van der Waals surface area contributed by atoms with E-state index in [0.717, 1.165) is 35.1 Å². The number of aliphatic hydroxyl groups excluding tert-OH is 1. The highest BCUT2D eigenvalue weighted by atomic mass is 16.6. The third-order valence-corrected chi connectivity index (χ3v) is 8.66. The van der Waals surface area contributed by atoms with Crippen LogP contribution in [0, 0.1) is 0 Å². The fraction of sp³-hybridized carbons (Fsp3) is 0.357. The first-order chi connectivity index (χ1) is 25.6. The smallest absolute Gasteiger partial charge is 0.336 e. The van der Waals surface area contributed by atoms with Gasteiger partial charge in [0.05, 0.1) is 36.5 Å². The molecule has 1 saturated carbocycles. The highest BCUT2D eigenvalue weighted by molar-refractivity contribution is 5.88. The number of rotatable bonds is 20. The van der Waals surface area contributed by atoms with Crippen LogP contribution in [0.1, 0.15) is 37.2 Å². The molecule has 1 aliphatic carbocycles. The van der Waals surface area contributed by atoms with E-state index in [9.17, 15) is 19.5 Å². The molecule has 0 amide bonds. The molecule has 0 aromatic heterocycles. The second kappa shape index (κ2) is 20.7. The summed E-state index contributed by atoms with van der Waals surface area (Å²) in [5.41, 5.74) is 5.86. The number of hydrogen-bond acceptors (Lipinski definition) is 11. The van der Waals surface area contributed by atoms with Gasteiger partial charge in [-0.05, 0) is 83.7 Å². The van der Waals surface area contributed by atoms with E-state index in [2.05, 4.69) is 37.9 Å². The van der Waals surface area contributed by atoms with E-state index in [-0.39, 0.29) is 68.4 Å². The fourth-order valence-electron chi connectivity index (χ4n) is 5.87. The van der Waals surface area contributed by atoms with Crippen LogP contribution in [-0.2, 0) is 38.1 Å². The molecular formula is C42H48O11. The van der Waals surface area contributed by atoms with Gasteiger partial charge in [-0.25, -0.2) is 14.4 Å². The Morgan fingerprint density at radius 3 is 1.60 bits per heavy atom. The third-order valence-electron chi connectivity index (χ3n) is 8.66. The number of aliphatic hydroxyl groups is 1. The summed E-state index contributed by atoms with van der Waals surface area (Å²) in [7, 11) is 2.97. The maximum absolute atomic E-state index is 12.2. The van der Waals surface area contributed by atoms with E-state index < -0.39 is 24.5 Å². The molecule has 3 aromatic carbocycles. The molecule has 0 unspecified atom stereocenters. The van der Waals surface area contributed by atoms with Crippen molar-refractivity contribution >= 4 is 17.9 Å². The zero-order valence-electron chi connectivity index (χ0n) is 30.4. The highest BCUT2D eigenvalue weighted by Crippen LogP contribution is 2.41. The number of benzene rings is 3. The lowest BCUT2D eigenvalue weighted by Crippen LogP contribution is -2.25. The Morgan fingerprint density at radius 2 is 1.11 bits per heavy atom. The zero-order chi connectivity index (χ0) is 38.2. The van der Waals surface area contributed by atoms with E-state index >= 15 is 0 Å². The number of methoxy groups -OCH3 is 2. The second-order valence-corrected chi connectivity index (χ2v) is 12.5. The van der Waals surface area contributed by atoms with E-state index in [4.69, 9.17) is 33.2 Å². The Kier molecular flexibility index (Phi) is 15.8. The van der Waals surface area contributed by atoms with Crippen molar-refractivity contribution in [2.45, 2.75) is 37.7 Å². The molecule has 4 rings (SSSR count). The molecule has 11 heteroatoms. The van der Waals surface area contributed by atoms with Crippen LogP contribution in [0.3, 0.4) is 0 Å². The Balaban J connectivity index is 1.45. The van der Waals surface area contributed by atoms with Crippen molar-refractivity contribution in [1.82, 2.24) is 0 Å². The minimum atomic E-state index is -0.558. The van der Waals surface area contributed by atoms with Gasteiger partial charge in [0.1, 0.15) is 44.0 Å². The van der Waals surface area contributed by atoms with Gasteiger partial charge in [0.15, 0.2) is 0 Å². The van der Waals surface area contributed by atoms with Gasteiger partial charge in [0, 0.05) is 14.2 Å². The number of carbonyl (C=O) groups is 3. The topological polar surface area (TPSA) is 136 Å². The zero-order valence-corrected chi connectivity index (χ0v) is 30.4. The Morgan fingerprint density at radius 1 is 0.623 bits per heavy atom. The van der Waals surface area contributed by atoms with Gasteiger partial charge < -0.3 is 38.3 Å². The van der Waals surface area contributed by atoms with Crippen LogP contribution in [0.5, 0.6) is 11.5 Å². The standard InChI is InChI=1S/C42H48O11/c1-28(25-43)42(46)53-37-17-10-33(11-18-37)39-24-34(31-6-13-35(14-7-31)49-20-22-51-40(44)29(2)26-47-4)12-19-38(39)32-8-15-36(16-9-32)50-21-23-52-41(45)30(3)27-48-5/h6-9,12-16,19,24,33,37,43H,1-3,10-11,17-18,20-23,25-27H2,4-5H3. The molecule has 0 aliphatic heterocycles. The van der Waals surface area contributed by atoms with Gasteiger partial charge in [-0.1, -0.05) is 62.2 Å². The van der Waals surface area contributed by atoms with Crippen molar-refractivity contribution in [2.75, 3.05) is 60.5 Å². The Bertz CT molecular complexity index is 1720. The third kappa shape index (κ3) is 12.2. The minimum absolute atomic E-state index is 0.0487. The number of carbonyl (C=O) groups excluding carboxylic acids is 3. The van der Waals surface area contributed by atoms with Crippen LogP contribution in [0.25, 0.3) is 22.3 Å². The molecular weight excluding hydrogens is 680 g/mol. The predicted octanol–water partition coefficient (Wildman–Crippen LogP) is 6.39. The maximum atomic E-state index is 12.2. The van der Waals surface area contributed by atoms with E-state index in [1.807, 2.05) is 48.5 Å². The quantitative estimate of drug-likeness (QED) is 0.0600. The lowest BCUT2D eigenvalue weighted by molar-refractivity contribution is -0.146. The van der Waals surface area contributed by atoms with E-state index in [1.165, 1.54) is 19.8 Å². The molecule has 1 fully saturated rings. The van der Waals surface area contributed by atoms with Crippen LogP contribution >= 0.6 is 0 Å². The highest BCUT2D eigenvalue weighted by Gasteiger charge is 2.27.